The van der Waals surface area contributed by atoms with E-state index in [1.54, 1.807) is 21.3 Å². The Morgan fingerprint density at radius 2 is 1.68 bits per heavy atom. The Labute approximate surface area is 119 Å². The van der Waals surface area contributed by atoms with Gasteiger partial charge in [-0.1, -0.05) is 6.92 Å². The lowest BCUT2D eigenvalue weighted by Crippen LogP contribution is -2.08. The topological polar surface area (TPSA) is 27.7 Å². The third-order valence-electron chi connectivity index (χ3n) is 3.86. The highest BCUT2D eigenvalue weighted by Crippen LogP contribution is 2.50. The molecule has 1 aromatic carbocycles. The number of hydrogen-bond donors (Lipinski definition) is 0. The monoisotopic (exact) mass is 284 g/mol. The summed E-state index contributed by atoms with van der Waals surface area (Å²) in [4.78, 5) is 0. The first kappa shape index (κ1) is 14.3. The van der Waals surface area contributed by atoms with Crippen molar-refractivity contribution in [2.75, 3.05) is 21.3 Å². The summed E-state index contributed by atoms with van der Waals surface area (Å²) in [6, 6.07) is 3.85. The van der Waals surface area contributed by atoms with Gasteiger partial charge in [0.15, 0.2) is 11.5 Å². The van der Waals surface area contributed by atoms with E-state index in [2.05, 4.69) is 6.92 Å². The van der Waals surface area contributed by atoms with Crippen LogP contribution in [0.25, 0.3) is 0 Å². The van der Waals surface area contributed by atoms with Gasteiger partial charge in [-0.3, -0.25) is 0 Å². The second-order valence-corrected chi connectivity index (χ2v) is 5.49. The van der Waals surface area contributed by atoms with Crippen molar-refractivity contribution in [3.05, 3.63) is 17.7 Å². The fourth-order valence-electron chi connectivity index (χ4n) is 2.49. The van der Waals surface area contributed by atoms with E-state index in [-0.39, 0.29) is 5.38 Å². The van der Waals surface area contributed by atoms with Crippen LogP contribution in [0.15, 0.2) is 12.1 Å². The van der Waals surface area contributed by atoms with E-state index in [0.29, 0.717) is 23.2 Å². The van der Waals surface area contributed by atoms with Crippen LogP contribution in [-0.2, 0) is 0 Å². The van der Waals surface area contributed by atoms with Crippen molar-refractivity contribution < 1.29 is 14.2 Å². The number of halogens is 1. The zero-order valence-electron chi connectivity index (χ0n) is 11.9. The maximum absolute atomic E-state index is 6.62. The van der Waals surface area contributed by atoms with Crippen LogP contribution in [0.5, 0.6) is 17.2 Å². The normalized spacial score (nSPS) is 17.7. The van der Waals surface area contributed by atoms with Gasteiger partial charge in [0.1, 0.15) is 0 Å². The van der Waals surface area contributed by atoms with Gasteiger partial charge in [-0.25, -0.2) is 0 Å². The predicted octanol–water partition coefficient (Wildman–Crippen LogP) is 4.04. The third kappa shape index (κ3) is 2.76. The molecule has 2 rings (SSSR count). The maximum atomic E-state index is 6.62. The minimum atomic E-state index is -0.0674. The van der Waals surface area contributed by atoms with Crippen LogP contribution in [0.2, 0.25) is 0 Å². The Bertz CT molecular complexity index is 443. The van der Waals surface area contributed by atoms with E-state index < -0.39 is 0 Å². The molecule has 2 unspecified atom stereocenters. The minimum absolute atomic E-state index is 0.0674. The zero-order chi connectivity index (χ0) is 14.0. The van der Waals surface area contributed by atoms with E-state index >= 15 is 0 Å². The molecule has 4 heteroatoms. The highest BCUT2D eigenvalue weighted by Gasteiger charge is 2.35. The molecule has 0 saturated heterocycles. The van der Waals surface area contributed by atoms with E-state index in [9.17, 15) is 0 Å². The minimum Gasteiger partial charge on any atom is -0.493 e. The molecule has 0 spiro atoms. The maximum Gasteiger partial charge on any atom is 0.203 e. The number of methoxy groups -OCH3 is 3. The molecule has 0 aromatic heterocycles. The van der Waals surface area contributed by atoms with Gasteiger partial charge < -0.3 is 14.2 Å². The molecule has 2 atom stereocenters. The third-order valence-corrected chi connectivity index (χ3v) is 4.49. The fourth-order valence-corrected chi connectivity index (χ4v) is 2.86. The Balaban J connectivity index is 2.38. The van der Waals surface area contributed by atoms with Crippen molar-refractivity contribution >= 4 is 11.6 Å². The lowest BCUT2D eigenvalue weighted by molar-refractivity contribution is 0.320. The summed E-state index contributed by atoms with van der Waals surface area (Å²) in [5, 5.41) is -0.0674. The lowest BCUT2D eigenvalue weighted by Gasteiger charge is -2.22. The molecule has 0 N–H and O–H groups in total. The lowest BCUT2D eigenvalue weighted by atomic mass is 9.95. The van der Waals surface area contributed by atoms with Gasteiger partial charge >= 0.3 is 0 Å². The first-order chi connectivity index (χ1) is 9.13. The van der Waals surface area contributed by atoms with Crippen molar-refractivity contribution in [2.45, 2.75) is 25.1 Å². The molecular formula is C15H21ClO3. The summed E-state index contributed by atoms with van der Waals surface area (Å²) in [5.41, 5.74) is 0.973. The van der Waals surface area contributed by atoms with E-state index in [1.165, 1.54) is 12.8 Å². The number of ether oxygens (including phenoxy) is 3. The molecule has 0 heterocycles. The van der Waals surface area contributed by atoms with Crippen LogP contribution in [0, 0.1) is 11.8 Å². The quantitative estimate of drug-likeness (QED) is 0.738. The van der Waals surface area contributed by atoms with Crippen molar-refractivity contribution in [3.8, 4) is 17.2 Å². The Morgan fingerprint density at radius 3 is 2.16 bits per heavy atom. The summed E-state index contributed by atoms with van der Waals surface area (Å²) in [6.45, 7) is 2.20. The Morgan fingerprint density at radius 1 is 1.05 bits per heavy atom. The number of hydrogen-bond acceptors (Lipinski definition) is 3. The van der Waals surface area contributed by atoms with Gasteiger partial charge in [-0.15, -0.1) is 11.6 Å². The fraction of sp³-hybridized carbons (Fsp3) is 0.600. The summed E-state index contributed by atoms with van der Waals surface area (Å²) in [5.74, 6) is 3.12. The van der Waals surface area contributed by atoms with Crippen LogP contribution in [0.3, 0.4) is 0 Å². The van der Waals surface area contributed by atoms with Gasteiger partial charge in [-0.2, -0.15) is 0 Å². The van der Waals surface area contributed by atoms with Crippen LogP contribution in [0.1, 0.15) is 30.7 Å². The van der Waals surface area contributed by atoms with Crippen molar-refractivity contribution in [3.63, 3.8) is 0 Å². The molecule has 0 aliphatic heterocycles. The second kappa shape index (κ2) is 5.91. The molecule has 1 fully saturated rings. The van der Waals surface area contributed by atoms with Gasteiger partial charge in [-0.05, 0) is 36.8 Å². The van der Waals surface area contributed by atoms with E-state index in [0.717, 1.165) is 11.5 Å². The van der Waals surface area contributed by atoms with Crippen LogP contribution in [0.4, 0.5) is 0 Å². The average molecular weight is 285 g/mol. The number of benzene rings is 1. The molecule has 1 aliphatic carbocycles. The summed E-state index contributed by atoms with van der Waals surface area (Å²) in [6.07, 6.45) is 2.56. The predicted molar refractivity (Wildman–Crippen MR) is 76.6 cm³/mol. The summed E-state index contributed by atoms with van der Waals surface area (Å²) in [7, 11) is 4.85. The Hall–Kier alpha value is -1.09. The highest BCUT2D eigenvalue weighted by atomic mass is 35.5. The molecule has 1 saturated carbocycles. The molecule has 106 valence electrons. The smallest absolute Gasteiger partial charge is 0.203 e. The number of rotatable bonds is 6. The van der Waals surface area contributed by atoms with E-state index in [4.69, 9.17) is 25.8 Å². The average Bonchev–Trinajstić information content (AvgIpc) is 3.28. The Kier molecular flexibility index (Phi) is 4.46. The first-order valence-corrected chi connectivity index (χ1v) is 7.00. The van der Waals surface area contributed by atoms with Crippen molar-refractivity contribution in [1.82, 2.24) is 0 Å². The van der Waals surface area contributed by atoms with Crippen LogP contribution >= 0.6 is 11.6 Å². The SMILES string of the molecule is COc1ccc(C(Cl)C(C)C2CC2)c(OC)c1OC. The molecule has 3 nitrogen and oxygen atoms in total. The summed E-state index contributed by atoms with van der Waals surface area (Å²) >= 11 is 6.62. The van der Waals surface area contributed by atoms with E-state index in [1.807, 2.05) is 12.1 Å². The largest absolute Gasteiger partial charge is 0.493 e. The standard InChI is InChI=1S/C15H21ClO3/c1-9(10-5-6-10)13(16)11-7-8-12(17-2)15(19-4)14(11)18-3/h7-10,13H,5-6H2,1-4H3. The molecule has 0 radical (unpaired) electrons. The van der Waals surface area contributed by atoms with Crippen molar-refractivity contribution in [2.24, 2.45) is 11.8 Å². The second-order valence-electron chi connectivity index (χ2n) is 5.02. The first-order valence-electron chi connectivity index (χ1n) is 6.57. The zero-order valence-corrected chi connectivity index (χ0v) is 12.7. The molecular weight excluding hydrogens is 264 g/mol. The molecule has 0 amide bonds. The van der Waals surface area contributed by atoms with Gasteiger partial charge in [0.05, 0.1) is 26.7 Å². The van der Waals surface area contributed by atoms with Crippen molar-refractivity contribution in [1.29, 1.82) is 0 Å². The molecule has 1 aliphatic rings. The van der Waals surface area contributed by atoms with Gasteiger partial charge in [0, 0.05) is 5.56 Å². The van der Waals surface area contributed by atoms with Crippen LogP contribution < -0.4 is 14.2 Å². The molecule has 19 heavy (non-hydrogen) atoms. The molecule has 1 aromatic rings. The molecule has 0 bridgehead atoms. The van der Waals surface area contributed by atoms with Gasteiger partial charge in [0.25, 0.3) is 0 Å². The number of alkyl halides is 1. The van der Waals surface area contributed by atoms with Crippen LogP contribution in [-0.4, -0.2) is 21.3 Å². The van der Waals surface area contributed by atoms with Gasteiger partial charge in [0.2, 0.25) is 5.75 Å². The summed E-state index contributed by atoms with van der Waals surface area (Å²) < 4.78 is 16.2. The highest BCUT2D eigenvalue weighted by molar-refractivity contribution is 6.21.